The molecule has 4 rings (SSSR count). The molecule has 1 aliphatic heterocycles. The van der Waals surface area contributed by atoms with E-state index in [1.165, 1.54) is 5.56 Å². The minimum atomic E-state index is -0.471. The third-order valence-electron chi connectivity index (χ3n) is 6.92. The maximum absolute atomic E-state index is 13.4. The van der Waals surface area contributed by atoms with Crippen LogP contribution in [0.4, 0.5) is 0 Å². The number of likely N-dealkylation sites (tertiary alicyclic amines) is 1. The summed E-state index contributed by atoms with van der Waals surface area (Å²) in [5, 5.41) is 3.13. The van der Waals surface area contributed by atoms with Gasteiger partial charge in [-0.25, -0.2) is 0 Å². The Kier molecular flexibility index (Phi) is 7.39. The first-order valence-electron chi connectivity index (χ1n) is 11.9. The second-order valence-corrected chi connectivity index (χ2v) is 9.19. The molecule has 0 radical (unpaired) electrons. The van der Waals surface area contributed by atoms with Gasteiger partial charge in [0.2, 0.25) is 11.8 Å². The molecule has 1 saturated carbocycles. The standard InChI is InChI=1S/C27H34N2O2/c30-26(24-13-7-8-14-24)28-25(20-22-11-5-2-6-12-22)27(31)29-17-15-23(16-18-29)19-21-9-3-1-4-10-21/h1-6,9-12,23-25H,7-8,13-20H2,(H,28,30). The van der Waals surface area contributed by atoms with Crippen molar-refractivity contribution in [1.29, 1.82) is 0 Å². The number of hydrogen-bond acceptors (Lipinski definition) is 2. The minimum absolute atomic E-state index is 0.0609. The summed E-state index contributed by atoms with van der Waals surface area (Å²) in [6.45, 7) is 1.56. The summed E-state index contributed by atoms with van der Waals surface area (Å²) in [7, 11) is 0. The normalized spacial score (nSPS) is 18.6. The van der Waals surface area contributed by atoms with Crippen LogP contribution in [0.2, 0.25) is 0 Å². The molecule has 1 atom stereocenters. The van der Waals surface area contributed by atoms with Gasteiger partial charge in [-0.2, -0.15) is 0 Å². The molecule has 4 heteroatoms. The van der Waals surface area contributed by atoms with Crippen LogP contribution in [-0.4, -0.2) is 35.8 Å². The molecule has 2 amide bonds. The Bertz CT molecular complexity index is 838. The van der Waals surface area contributed by atoms with Gasteiger partial charge in [0.25, 0.3) is 0 Å². The molecule has 1 saturated heterocycles. The summed E-state index contributed by atoms with van der Waals surface area (Å²) in [5.74, 6) is 0.828. The van der Waals surface area contributed by atoms with Gasteiger partial charge in [0, 0.05) is 25.4 Å². The molecule has 0 spiro atoms. The van der Waals surface area contributed by atoms with Crippen LogP contribution in [0.25, 0.3) is 0 Å². The Morgan fingerprint density at radius 1 is 0.839 bits per heavy atom. The molecule has 2 fully saturated rings. The number of carbonyl (C=O) groups excluding carboxylic acids is 2. The van der Waals surface area contributed by atoms with Crippen molar-refractivity contribution in [1.82, 2.24) is 10.2 Å². The minimum Gasteiger partial charge on any atom is -0.344 e. The van der Waals surface area contributed by atoms with Gasteiger partial charge in [0.05, 0.1) is 0 Å². The van der Waals surface area contributed by atoms with E-state index in [9.17, 15) is 9.59 Å². The van der Waals surface area contributed by atoms with E-state index in [2.05, 4.69) is 35.6 Å². The smallest absolute Gasteiger partial charge is 0.245 e. The molecule has 164 valence electrons. The fourth-order valence-corrected chi connectivity index (χ4v) is 5.05. The zero-order valence-electron chi connectivity index (χ0n) is 18.3. The molecular formula is C27H34N2O2. The van der Waals surface area contributed by atoms with Gasteiger partial charge < -0.3 is 10.2 Å². The first kappa shape index (κ1) is 21.6. The summed E-state index contributed by atoms with van der Waals surface area (Å²) in [6, 6.07) is 20.2. The highest BCUT2D eigenvalue weighted by Crippen LogP contribution is 2.26. The highest BCUT2D eigenvalue weighted by Gasteiger charge is 2.32. The Labute approximate surface area is 186 Å². The van der Waals surface area contributed by atoms with Gasteiger partial charge in [0.1, 0.15) is 6.04 Å². The van der Waals surface area contributed by atoms with Crippen molar-refractivity contribution in [3.63, 3.8) is 0 Å². The number of nitrogens with one attached hydrogen (secondary N) is 1. The Morgan fingerprint density at radius 2 is 1.42 bits per heavy atom. The molecule has 1 heterocycles. The summed E-state index contributed by atoms with van der Waals surface area (Å²) in [4.78, 5) is 28.2. The summed E-state index contributed by atoms with van der Waals surface area (Å²) in [6.07, 6.45) is 7.81. The predicted molar refractivity (Wildman–Crippen MR) is 123 cm³/mol. The number of nitrogens with zero attached hydrogens (tertiary/aromatic N) is 1. The monoisotopic (exact) mass is 418 g/mol. The Morgan fingerprint density at radius 3 is 2.03 bits per heavy atom. The van der Waals surface area contributed by atoms with Crippen molar-refractivity contribution in [2.45, 2.75) is 57.4 Å². The first-order chi connectivity index (χ1) is 15.2. The molecule has 2 aromatic rings. The number of benzene rings is 2. The van der Waals surface area contributed by atoms with Crippen molar-refractivity contribution in [3.8, 4) is 0 Å². The van der Waals surface area contributed by atoms with Crippen LogP contribution in [0, 0.1) is 11.8 Å². The lowest BCUT2D eigenvalue weighted by Gasteiger charge is -2.35. The van der Waals surface area contributed by atoms with Crippen LogP contribution < -0.4 is 5.32 Å². The van der Waals surface area contributed by atoms with Crippen LogP contribution in [0.1, 0.15) is 49.7 Å². The molecular weight excluding hydrogens is 384 g/mol. The number of amides is 2. The number of piperidine rings is 1. The third kappa shape index (κ3) is 5.96. The van der Waals surface area contributed by atoms with E-state index in [1.54, 1.807) is 0 Å². The van der Waals surface area contributed by atoms with Crippen molar-refractivity contribution in [3.05, 3.63) is 71.8 Å². The predicted octanol–water partition coefficient (Wildman–Crippen LogP) is 4.39. The van der Waals surface area contributed by atoms with Gasteiger partial charge >= 0.3 is 0 Å². The highest BCUT2D eigenvalue weighted by molar-refractivity contribution is 5.89. The summed E-state index contributed by atoms with van der Waals surface area (Å²) < 4.78 is 0. The topological polar surface area (TPSA) is 49.4 Å². The maximum atomic E-state index is 13.4. The zero-order chi connectivity index (χ0) is 21.5. The van der Waals surface area contributed by atoms with E-state index in [4.69, 9.17) is 0 Å². The fourth-order valence-electron chi connectivity index (χ4n) is 5.05. The molecule has 1 unspecified atom stereocenters. The second-order valence-electron chi connectivity index (χ2n) is 9.19. The zero-order valence-corrected chi connectivity index (χ0v) is 18.3. The molecule has 1 N–H and O–H groups in total. The van der Waals surface area contributed by atoms with E-state index in [0.29, 0.717) is 12.3 Å². The van der Waals surface area contributed by atoms with Crippen molar-refractivity contribution < 1.29 is 9.59 Å². The molecule has 1 aliphatic carbocycles. The lowest BCUT2D eigenvalue weighted by Crippen LogP contribution is -2.52. The maximum Gasteiger partial charge on any atom is 0.245 e. The fraction of sp³-hybridized carbons (Fsp3) is 0.481. The largest absolute Gasteiger partial charge is 0.344 e. The lowest BCUT2D eigenvalue weighted by molar-refractivity contribution is -0.138. The SMILES string of the molecule is O=C(NC(Cc1ccccc1)C(=O)N1CCC(Cc2ccccc2)CC1)C1CCCC1. The summed E-state index contributed by atoms with van der Waals surface area (Å²) in [5.41, 5.74) is 2.46. The van der Waals surface area contributed by atoms with Crippen LogP contribution >= 0.6 is 0 Å². The quantitative estimate of drug-likeness (QED) is 0.725. The summed E-state index contributed by atoms with van der Waals surface area (Å²) >= 11 is 0. The van der Waals surface area contributed by atoms with Crippen molar-refractivity contribution in [2.75, 3.05) is 13.1 Å². The van der Waals surface area contributed by atoms with E-state index in [-0.39, 0.29) is 17.7 Å². The van der Waals surface area contributed by atoms with Gasteiger partial charge in [-0.15, -0.1) is 0 Å². The molecule has 2 aromatic carbocycles. The van der Waals surface area contributed by atoms with E-state index < -0.39 is 6.04 Å². The third-order valence-corrected chi connectivity index (χ3v) is 6.92. The molecule has 0 aromatic heterocycles. The van der Waals surface area contributed by atoms with Crippen LogP contribution in [0.5, 0.6) is 0 Å². The lowest BCUT2D eigenvalue weighted by atomic mass is 9.89. The van der Waals surface area contributed by atoms with E-state index in [1.807, 2.05) is 35.2 Å². The van der Waals surface area contributed by atoms with E-state index in [0.717, 1.165) is 63.6 Å². The van der Waals surface area contributed by atoms with Crippen LogP contribution in [-0.2, 0) is 22.4 Å². The molecule has 31 heavy (non-hydrogen) atoms. The highest BCUT2D eigenvalue weighted by atomic mass is 16.2. The first-order valence-corrected chi connectivity index (χ1v) is 11.9. The average molecular weight is 419 g/mol. The number of carbonyl (C=O) groups is 2. The van der Waals surface area contributed by atoms with E-state index >= 15 is 0 Å². The second kappa shape index (κ2) is 10.6. The molecule has 2 aliphatic rings. The van der Waals surface area contributed by atoms with Crippen LogP contribution in [0.15, 0.2) is 60.7 Å². The van der Waals surface area contributed by atoms with Crippen molar-refractivity contribution >= 4 is 11.8 Å². The van der Waals surface area contributed by atoms with Gasteiger partial charge in [-0.1, -0.05) is 73.5 Å². The molecule has 4 nitrogen and oxygen atoms in total. The number of hydrogen-bond donors (Lipinski definition) is 1. The van der Waals surface area contributed by atoms with Gasteiger partial charge in [0.15, 0.2) is 0 Å². The average Bonchev–Trinajstić information content (AvgIpc) is 3.35. The number of rotatable bonds is 7. The Balaban J connectivity index is 1.37. The van der Waals surface area contributed by atoms with Gasteiger partial charge in [-0.05, 0) is 49.1 Å². The van der Waals surface area contributed by atoms with Crippen molar-refractivity contribution in [2.24, 2.45) is 11.8 Å². The van der Waals surface area contributed by atoms with Gasteiger partial charge in [-0.3, -0.25) is 9.59 Å². The molecule has 0 bridgehead atoms. The Hall–Kier alpha value is -2.62. The van der Waals surface area contributed by atoms with Crippen LogP contribution in [0.3, 0.4) is 0 Å².